The number of rotatable bonds is 9. The Bertz CT molecular complexity index is 1520. The molecule has 1 aromatic heterocycles. The van der Waals surface area contributed by atoms with Crippen LogP contribution in [0.1, 0.15) is 28.8 Å². The molecule has 3 heterocycles. The number of nitrogens with zero attached hydrogens (tertiary/aromatic N) is 5. The van der Waals surface area contributed by atoms with E-state index < -0.39 is 16.7 Å². The van der Waals surface area contributed by atoms with Crippen molar-refractivity contribution in [2.45, 2.75) is 39.5 Å². The Kier molecular flexibility index (Phi) is 9.14. The summed E-state index contributed by atoms with van der Waals surface area (Å²) in [5.74, 6) is 0. The Balaban J connectivity index is 1.24. The number of anilines is 2. The van der Waals surface area contributed by atoms with Crippen molar-refractivity contribution >= 4 is 27.4 Å². The number of halogens is 1. The van der Waals surface area contributed by atoms with Crippen LogP contribution in [0.2, 0.25) is 0 Å². The van der Waals surface area contributed by atoms with Crippen molar-refractivity contribution in [2.75, 3.05) is 62.8 Å². The molecule has 2 N–H and O–H groups in total. The Labute approximate surface area is 247 Å². The van der Waals surface area contributed by atoms with Crippen LogP contribution in [0.5, 0.6) is 0 Å². The fraction of sp³-hybridized carbons (Fsp3) is 0.467. The highest BCUT2D eigenvalue weighted by atomic mass is 32.2. The fourth-order valence-electron chi connectivity index (χ4n) is 5.92. The third-order valence-corrected chi connectivity index (χ3v) is 9.45. The maximum atomic E-state index is 13.1. The molecule has 12 heteroatoms. The van der Waals surface area contributed by atoms with Crippen LogP contribution in [-0.4, -0.2) is 86.0 Å². The van der Waals surface area contributed by atoms with E-state index in [2.05, 4.69) is 33.4 Å². The number of para-hydroxylation sites is 1. The van der Waals surface area contributed by atoms with Gasteiger partial charge in [-0.25, -0.2) is 17.6 Å². The predicted molar refractivity (Wildman–Crippen MR) is 164 cm³/mol. The number of aromatic nitrogens is 2. The lowest BCUT2D eigenvalue weighted by atomic mass is 10.0. The highest BCUT2D eigenvalue weighted by Gasteiger charge is 2.30. The molecule has 1 fully saturated rings. The van der Waals surface area contributed by atoms with Crippen molar-refractivity contribution in [3.63, 3.8) is 0 Å². The van der Waals surface area contributed by atoms with Crippen molar-refractivity contribution in [3.8, 4) is 11.3 Å². The van der Waals surface area contributed by atoms with Crippen molar-refractivity contribution in [2.24, 2.45) is 0 Å². The first-order valence-corrected chi connectivity index (χ1v) is 16.3. The van der Waals surface area contributed by atoms with Crippen molar-refractivity contribution in [3.05, 3.63) is 64.8 Å². The molecule has 0 radical (unpaired) electrons. The van der Waals surface area contributed by atoms with Gasteiger partial charge in [0, 0.05) is 82.6 Å². The smallest absolute Gasteiger partial charge is 0.319 e. The Morgan fingerprint density at radius 2 is 1.76 bits per heavy atom. The van der Waals surface area contributed by atoms with Gasteiger partial charge < -0.3 is 15.5 Å². The number of aryl methyl sites for hydroxylation is 2. The fourth-order valence-corrected chi connectivity index (χ4v) is 6.71. The van der Waals surface area contributed by atoms with E-state index in [1.165, 1.54) is 10.6 Å². The summed E-state index contributed by atoms with van der Waals surface area (Å²) in [5.41, 5.74) is 7.28. The Hall–Kier alpha value is -3.48. The zero-order chi connectivity index (χ0) is 29.9. The van der Waals surface area contributed by atoms with E-state index >= 15 is 0 Å². The lowest BCUT2D eigenvalue weighted by Crippen LogP contribution is -2.47. The normalized spacial score (nSPS) is 16.3. The van der Waals surface area contributed by atoms with Gasteiger partial charge in [0.25, 0.3) is 0 Å². The van der Waals surface area contributed by atoms with Crippen LogP contribution in [0, 0.1) is 6.92 Å². The van der Waals surface area contributed by atoms with Gasteiger partial charge in [-0.15, -0.1) is 0 Å². The SMILES string of the molecule is CNC(=O)Nc1cccc(C)c1N1CCN(CCCn2nc(-c3ccc(CF)cc3)c3c2CCN(S(C)(=O)=O)C3)CC1. The van der Waals surface area contributed by atoms with Gasteiger partial charge in [-0.1, -0.05) is 36.4 Å². The largest absolute Gasteiger partial charge is 0.367 e. The van der Waals surface area contributed by atoms with Gasteiger partial charge in [0.15, 0.2) is 0 Å². The molecule has 2 amide bonds. The Morgan fingerprint density at radius 1 is 1.02 bits per heavy atom. The monoisotopic (exact) mass is 597 g/mol. The van der Waals surface area contributed by atoms with Crippen LogP contribution in [0.4, 0.5) is 20.6 Å². The Morgan fingerprint density at radius 3 is 2.43 bits per heavy atom. The molecule has 2 aliphatic rings. The second-order valence-corrected chi connectivity index (χ2v) is 13.0. The van der Waals surface area contributed by atoms with Crippen molar-refractivity contribution in [1.82, 2.24) is 24.3 Å². The number of nitrogens with one attached hydrogen (secondary N) is 2. The van der Waals surface area contributed by atoms with E-state index in [1.54, 1.807) is 19.2 Å². The highest BCUT2D eigenvalue weighted by molar-refractivity contribution is 7.88. The predicted octanol–water partition coefficient (Wildman–Crippen LogP) is 3.61. The van der Waals surface area contributed by atoms with E-state index in [4.69, 9.17) is 5.10 Å². The third kappa shape index (κ3) is 6.61. The molecule has 3 aromatic rings. The molecular formula is C30H40FN7O3S. The van der Waals surface area contributed by atoms with Gasteiger partial charge >= 0.3 is 6.03 Å². The van der Waals surface area contributed by atoms with E-state index in [0.29, 0.717) is 25.1 Å². The minimum Gasteiger partial charge on any atom is -0.367 e. The highest BCUT2D eigenvalue weighted by Crippen LogP contribution is 2.32. The van der Waals surface area contributed by atoms with Gasteiger partial charge in [0.05, 0.1) is 23.3 Å². The number of hydrogen-bond donors (Lipinski definition) is 2. The number of hydrogen-bond acceptors (Lipinski definition) is 6. The first-order valence-electron chi connectivity index (χ1n) is 14.4. The molecule has 0 unspecified atom stereocenters. The summed E-state index contributed by atoms with van der Waals surface area (Å²) in [6.07, 6.45) is 2.77. The molecule has 0 spiro atoms. The summed E-state index contributed by atoms with van der Waals surface area (Å²) >= 11 is 0. The van der Waals surface area contributed by atoms with Gasteiger partial charge in [0.2, 0.25) is 10.0 Å². The summed E-state index contributed by atoms with van der Waals surface area (Å²) in [6, 6.07) is 13.0. The second kappa shape index (κ2) is 12.8. The standard InChI is InChI=1S/C30H40FN7O3S/c1-22-6-4-7-26(33-30(39)32-2)29(22)36-18-16-35(17-19-36)13-5-14-38-27-12-15-37(42(3,40)41)21-25(27)28(34-38)24-10-8-23(20-31)9-11-24/h4,6-11H,5,12-21H2,1-3H3,(H2,32,33,39). The number of urea groups is 1. The second-order valence-electron chi connectivity index (χ2n) is 11.0. The number of fused-ring (bicyclic) bond motifs is 1. The molecule has 1 saturated heterocycles. The lowest BCUT2D eigenvalue weighted by molar-refractivity contribution is 0.248. The molecule has 2 aromatic carbocycles. The number of sulfonamides is 1. The zero-order valence-corrected chi connectivity index (χ0v) is 25.4. The third-order valence-electron chi connectivity index (χ3n) is 8.20. The average Bonchev–Trinajstić information content (AvgIpc) is 3.35. The quantitative estimate of drug-likeness (QED) is 0.391. The van der Waals surface area contributed by atoms with Crippen molar-refractivity contribution in [1.29, 1.82) is 0 Å². The van der Waals surface area contributed by atoms with E-state index in [0.717, 1.165) is 85.1 Å². The first-order chi connectivity index (χ1) is 20.2. The van der Waals surface area contributed by atoms with Crippen molar-refractivity contribution < 1.29 is 17.6 Å². The molecule has 10 nitrogen and oxygen atoms in total. The van der Waals surface area contributed by atoms with Crippen LogP contribution in [0.3, 0.4) is 0 Å². The van der Waals surface area contributed by atoms with Crippen LogP contribution in [0.15, 0.2) is 42.5 Å². The number of amides is 2. The number of carbonyl (C=O) groups is 1. The topological polar surface area (TPSA) is 103 Å². The maximum absolute atomic E-state index is 13.1. The first kappa shape index (κ1) is 30.0. The van der Waals surface area contributed by atoms with E-state index in [9.17, 15) is 17.6 Å². The van der Waals surface area contributed by atoms with Crippen LogP contribution in [-0.2, 0) is 36.2 Å². The van der Waals surface area contributed by atoms with E-state index in [1.807, 2.05) is 28.9 Å². The molecule has 0 atom stereocenters. The van der Waals surface area contributed by atoms with Crippen LogP contribution in [0.25, 0.3) is 11.3 Å². The number of benzene rings is 2. The van der Waals surface area contributed by atoms with Crippen LogP contribution >= 0.6 is 0 Å². The van der Waals surface area contributed by atoms with E-state index in [-0.39, 0.29) is 6.03 Å². The summed E-state index contributed by atoms with van der Waals surface area (Å²) < 4.78 is 41.3. The van der Waals surface area contributed by atoms with Gasteiger partial charge in [-0.2, -0.15) is 9.40 Å². The summed E-state index contributed by atoms with van der Waals surface area (Å²) in [6.45, 7) is 7.51. The minimum atomic E-state index is -3.33. The summed E-state index contributed by atoms with van der Waals surface area (Å²) in [4.78, 5) is 16.8. The lowest BCUT2D eigenvalue weighted by Gasteiger charge is -2.37. The maximum Gasteiger partial charge on any atom is 0.319 e. The molecule has 0 bridgehead atoms. The molecule has 0 aliphatic carbocycles. The zero-order valence-electron chi connectivity index (χ0n) is 24.6. The van der Waals surface area contributed by atoms with Gasteiger partial charge in [-0.3, -0.25) is 9.58 Å². The molecule has 226 valence electrons. The van der Waals surface area contributed by atoms with Crippen LogP contribution < -0.4 is 15.5 Å². The number of alkyl halides is 1. The minimum absolute atomic E-state index is 0.231. The van der Waals surface area contributed by atoms with Gasteiger partial charge in [0.1, 0.15) is 6.67 Å². The average molecular weight is 598 g/mol. The molecule has 42 heavy (non-hydrogen) atoms. The molecule has 2 aliphatic heterocycles. The number of carbonyl (C=O) groups excluding carboxylic acids is 1. The number of piperazine rings is 1. The molecule has 0 saturated carbocycles. The molecular weight excluding hydrogens is 557 g/mol. The van der Waals surface area contributed by atoms with Gasteiger partial charge in [-0.05, 0) is 30.5 Å². The summed E-state index contributed by atoms with van der Waals surface area (Å²) in [5, 5.41) is 10.5. The molecule has 5 rings (SSSR count). The summed E-state index contributed by atoms with van der Waals surface area (Å²) in [7, 11) is -1.72.